The minimum Gasteiger partial charge on any atom is -0.379 e. The lowest BCUT2D eigenvalue weighted by Gasteiger charge is -2.25. The summed E-state index contributed by atoms with van der Waals surface area (Å²) in [5.74, 6) is 0.841. The summed E-state index contributed by atoms with van der Waals surface area (Å²) < 4.78 is 5.30. The first kappa shape index (κ1) is 11.3. The molecule has 0 spiro atoms. The fourth-order valence-electron chi connectivity index (χ4n) is 1.70. The average Bonchev–Trinajstić information content (AvgIpc) is 2.33. The quantitative estimate of drug-likeness (QED) is 0.814. The van der Waals surface area contributed by atoms with Crippen molar-refractivity contribution >= 4 is 5.82 Å². The summed E-state index contributed by atoms with van der Waals surface area (Å²) in [6.45, 7) is 7.39. The number of anilines is 1. The number of rotatable bonds is 4. The highest BCUT2D eigenvalue weighted by atomic mass is 16.5. The smallest absolute Gasteiger partial charge is 0.144 e. The molecule has 2 heterocycles. The van der Waals surface area contributed by atoms with Crippen LogP contribution in [0.15, 0.2) is 12.4 Å². The molecule has 0 amide bonds. The van der Waals surface area contributed by atoms with E-state index in [1.807, 2.05) is 13.1 Å². The third kappa shape index (κ3) is 3.15. The summed E-state index contributed by atoms with van der Waals surface area (Å²) in [7, 11) is 0. The SMILES string of the molecule is CCNc1cnc(CN2CCOCC2)cn1. The van der Waals surface area contributed by atoms with Crippen molar-refractivity contribution in [2.45, 2.75) is 13.5 Å². The minimum atomic E-state index is 0.822. The summed E-state index contributed by atoms with van der Waals surface area (Å²) in [5, 5.41) is 3.13. The summed E-state index contributed by atoms with van der Waals surface area (Å²) in [4.78, 5) is 11.0. The van der Waals surface area contributed by atoms with E-state index in [0.29, 0.717) is 0 Å². The third-order valence-electron chi connectivity index (χ3n) is 2.55. The molecule has 1 aromatic heterocycles. The van der Waals surface area contributed by atoms with Gasteiger partial charge in [-0.25, -0.2) is 4.98 Å². The van der Waals surface area contributed by atoms with Gasteiger partial charge < -0.3 is 10.1 Å². The van der Waals surface area contributed by atoms with Crippen molar-refractivity contribution in [2.24, 2.45) is 0 Å². The minimum absolute atomic E-state index is 0.822. The maximum atomic E-state index is 5.30. The van der Waals surface area contributed by atoms with Crippen LogP contribution in [0.1, 0.15) is 12.6 Å². The second-order valence-corrected chi connectivity index (χ2v) is 3.81. The molecule has 1 aliphatic heterocycles. The molecule has 2 rings (SSSR count). The first-order valence-corrected chi connectivity index (χ1v) is 5.73. The number of hydrogen-bond acceptors (Lipinski definition) is 5. The topological polar surface area (TPSA) is 50.3 Å². The van der Waals surface area contributed by atoms with Crippen LogP contribution >= 0.6 is 0 Å². The van der Waals surface area contributed by atoms with Crippen molar-refractivity contribution < 1.29 is 4.74 Å². The van der Waals surface area contributed by atoms with Crippen molar-refractivity contribution in [1.82, 2.24) is 14.9 Å². The van der Waals surface area contributed by atoms with Crippen LogP contribution in [0.4, 0.5) is 5.82 Å². The molecule has 5 heteroatoms. The van der Waals surface area contributed by atoms with Gasteiger partial charge in [-0.1, -0.05) is 0 Å². The molecule has 88 valence electrons. The van der Waals surface area contributed by atoms with E-state index in [4.69, 9.17) is 4.74 Å². The zero-order valence-electron chi connectivity index (χ0n) is 9.65. The molecule has 1 fully saturated rings. The Labute approximate surface area is 95.8 Å². The Morgan fingerprint density at radius 2 is 2.12 bits per heavy atom. The predicted octanol–water partition coefficient (Wildman–Crippen LogP) is 0.741. The maximum absolute atomic E-state index is 5.30. The molecular formula is C11H18N4O. The van der Waals surface area contributed by atoms with Crippen LogP contribution in [0.5, 0.6) is 0 Å². The lowest BCUT2D eigenvalue weighted by atomic mass is 10.3. The lowest BCUT2D eigenvalue weighted by Crippen LogP contribution is -2.35. The Morgan fingerprint density at radius 3 is 2.75 bits per heavy atom. The van der Waals surface area contributed by atoms with Gasteiger partial charge in [-0.05, 0) is 6.92 Å². The second kappa shape index (κ2) is 5.77. The molecule has 0 bridgehead atoms. The standard InChI is InChI=1S/C11H18N4O/c1-2-12-11-8-13-10(7-14-11)9-15-3-5-16-6-4-15/h7-8H,2-6,9H2,1H3,(H,12,14). The predicted molar refractivity (Wildman–Crippen MR) is 62.3 cm³/mol. The highest BCUT2D eigenvalue weighted by Gasteiger charge is 2.11. The van der Waals surface area contributed by atoms with E-state index in [0.717, 1.165) is 50.9 Å². The number of nitrogens with one attached hydrogen (secondary N) is 1. The van der Waals surface area contributed by atoms with Gasteiger partial charge in [0, 0.05) is 26.2 Å². The first-order chi connectivity index (χ1) is 7.88. The van der Waals surface area contributed by atoms with Gasteiger partial charge in [0.2, 0.25) is 0 Å². The molecule has 1 saturated heterocycles. The molecule has 0 aromatic carbocycles. The molecule has 0 aliphatic carbocycles. The number of hydrogen-bond donors (Lipinski definition) is 1. The van der Waals surface area contributed by atoms with Gasteiger partial charge in [0.05, 0.1) is 31.3 Å². The van der Waals surface area contributed by atoms with Crippen molar-refractivity contribution in [2.75, 3.05) is 38.2 Å². The zero-order valence-corrected chi connectivity index (χ0v) is 9.65. The van der Waals surface area contributed by atoms with Crippen molar-refractivity contribution in [3.63, 3.8) is 0 Å². The van der Waals surface area contributed by atoms with E-state index in [2.05, 4.69) is 20.2 Å². The van der Waals surface area contributed by atoms with Crippen LogP contribution in [-0.4, -0.2) is 47.7 Å². The maximum Gasteiger partial charge on any atom is 0.144 e. The van der Waals surface area contributed by atoms with Crippen LogP contribution in [-0.2, 0) is 11.3 Å². The van der Waals surface area contributed by atoms with E-state index in [9.17, 15) is 0 Å². The molecule has 5 nitrogen and oxygen atoms in total. The second-order valence-electron chi connectivity index (χ2n) is 3.81. The van der Waals surface area contributed by atoms with Crippen LogP contribution < -0.4 is 5.32 Å². The molecule has 1 aliphatic rings. The van der Waals surface area contributed by atoms with E-state index < -0.39 is 0 Å². The number of nitrogens with zero attached hydrogens (tertiary/aromatic N) is 3. The van der Waals surface area contributed by atoms with Gasteiger partial charge in [0.15, 0.2) is 0 Å². The van der Waals surface area contributed by atoms with Crippen LogP contribution in [0.3, 0.4) is 0 Å². The number of ether oxygens (including phenoxy) is 1. The molecule has 0 radical (unpaired) electrons. The van der Waals surface area contributed by atoms with Crippen molar-refractivity contribution in [3.8, 4) is 0 Å². The molecule has 0 atom stereocenters. The Morgan fingerprint density at radius 1 is 1.31 bits per heavy atom. The monoisotopic (exact) mass is 222 g/mol. The average molecular weight is 222 g/mol. The van der Waals surface area contributed by atoms with Gasteiger partial charge in [0.25, 0.3) is 0 Å². The molecule has 16 heavy (non-hydrogen) atoms. The number of morpholine rings is 1. The Balaban J connectivity index is 1.88. The van der Waals surface area contributed by atoms with Crippen molar-refractivity contribution in [3.05, 3.63) is 18.1 Å². The zero-order chi connectivity index (χ0) is 11.2. The lowest BCUT2D eigenvalue weighted by molar-refractivity contribution is 0.0336. The largest absolute Gasteiger partial charge is 0.379 e. The van der Waals surface area contributed by atoms with Gasteiger partial charge in [-0.2, -0.15) is 0 Å². The molecule has 1 N–H and O–H groups in total. The summed E-state index contributed by atoms with van der Waals surface area (Å²) in [5.41, 5.74) is 1.02. The Bertz CT molecular complexity index is 308. The molecular weight excluding hydrogens is 204 g/mol. The van der Waals surface area contributed by atoms with Crippen LogP contribution in [0.2, 0.25) is 0 Å². The Hall–Kier alpha value is -1.20. The fourth-order valence-corrected chi connectivity index (χ4v) is 1.70. The normalized spacial score (nSPS) is 17.3. The Kier molecular flexibility index (Phi) is 4.07. The molecule has 0 unspecified atom stereocenters. The highest BCUT2D eigenvalue weighted by molar-refractivity contribution is 5.30. The van der Waals surface area contributed by atoms with Gasteiger partial charge >= 0.3 is 0 Å². The third-order valence-corrected chi connectivity index (χ3v) is 2.55. The van der Waals surface area contributed by atoms with Gasteiger partial charge in [0.1, 0.15) is 5.82 Å². The molecule has 1 aromatic rings. The summed E-state index contributed by atoms with van der Waals surface area (Å²) in [6, 6.07) is 0. The van der Waals surface area contributed by atoms with E-state index in [1.165, 1.54) is 0 Å². The fraction of sp³-hybridized carbons (Fsp3) is 0.636. The summed E-state index contributed by atoms with van der Waals surface area (Å²) in [6.07, 6.45) is 3.63. The number of aromatic nitrogens is 2. The van der Waals surface area contributed by atoms with Crippen LogP contribution in [0, 0.1) is 0 Å². The van der Waals surface area contributed by atoms with Gasteiger partial charge in [-0.15, -0.1) is 0 Å². The van der Waals surface area contributed by atoms with Gasteiger partial charge in [-0.3, -0.25) is 9.88 Å². The first-order valence-electron chi connectivity index (χ1n) is 5.73. The highest BCUT2D eigenvalue weighted by Crippen LogP contribution is 2.05. The van der Waals surface area contributed by atoms with Crippen LogP contribution in [0.25, 0.3) is 0 Å². The van der Waals surface area contributed by atoms with E-state index in [-0.39, 0.29) is 0 Å². The van der Waals surface area contributed by atoms with E-state index >= 15 is 0 Å². The van der Waals surface area contributed by atoms with Crippen molar-refractivity contribution in [1.29, 1.82) is 0 Å². The molecule has 0 saturated carbocycles. The van der Waals surface area contributed by atoms with E-state index in [1.54, 1.807) is 6.20 Å². The summed E-state index contributed by atoms with van der Waals surface area (Å²) >= 11 is 0.